The highest BCUT2D eigenvalue weighted by molar-refractivity contribution is 6.08. The quantitative estimate of drug-likeness (QED) is 0.305. The summed E-state index contributed by atoms with van der Waals surface area (Å²) in [6.07, 6.45) is 10.7. The van der Waals surface area contributed by atoms with Crippen molar-refractivity contribution in [2.24, 2.45) is 5.92 Å². The molecule has 1 aromatic heterocycles. The Morgan fingerprint density at radius 3 is 2.35 bits per heavy atom. The van der Waals surface area contributed by atoms with Crippen molar-refractivity contribution in [1.82, 2.24) is 4.57 Å². The first-order valence-electron chi connectivity index (χ1n) is 10.5. The molecule has 2 aromatic carbocycles. The molecule has 3 rings (SSSR count). The van der Waals surface area contributed by atoms with Crippen molar-refractivity contribution >= 4 is 27.5 Å². The molecule has 0 saturated carbocycles. The summed E-state index contributed by atoms with van der Waals surface area (Å²) in [6.45, 7) is 5.72. The zero-order chi connectivity index (χ0) is 18.4. The molecular weight excluding hydrogens is 316 g/mol. The second-order valence-electron chi connectivity index (χ2n) is 7.76. The van der Waals surface area contributed by atoms with Crippen LogP contribution in [0.25, 0.3) is 21.8 Å². The number of benzene rings is 2. The topological polar surface area (TPSA) is 30.9 Å². The first-order chi connectivity index (χ1) is 12.7. The van der Waals surface area contributed by atoms with E-state index in [-0.39, 0.29) is 0 Å². The van der Waals surface area contributed by atoms with Crippen LogP contribution in [0.1, 0.15) is 65.2 Å². The van der Waals surface area contributed by atoms with Crippen LogP contribution in [0.4, 0.5) is 5.69 Å². The molecule has 0 aliphatic rings. The van der Waals surface area contributed by atoms with E-state index in [1.807, 2.05) is 6.07 Å². The smallest absolute Gasteiger partial charge is 0.0492 e. The Kier molecular flexibility index (Phi) is 6.60. The van der Waals surface area contributed by atoms with Crippen LogP contribution in [0.5, 0.6) is 0 Å². The van der Waals surface area contributed by atoms with E-state index in [4.69, 9.17) is 5.73 Å². The van der Waals surface area contributed by atoms with E-state index < -0.39 is 0 Å². The molecule has 2 heteroatoms. The number of rotatable bonds is 10. The first-order valence-corrected chi connectivity index (χ1v) is 10.5. The molecule has 2 N–H and O–H groups in total. The molecule has 0 saturated heterocycles. The minimum Gasteiger partial charge on any atom is -0.399 e. The lowest BCUT2D eigenvalue weighted by Gasteiger charge is -2.19. The van der Waals surface area contributed by atoms with Crippen molar-refractivity contribution in [2.45, 2.75) is 71.8 Å². The van der Waals surface area contributed by atoms with Crippen LogP contribution in [0.3, 0.4) is 0 Å². The summed E-state index contributed by atoms with van der Waals surface area (Å²) in [5.74, 6) is 0.767. The number of anilines is 1. The van der Waals surface area contributed by atoms with Gasteiger partial charge in [0.1, 0.15) is 0 Å². The molecule has 0 spiro atoms. The van der Waals surface area contributed by atoms with Gasteiger partial charge >= 0.3 is 0 Å². The monoisotopic (exact) mass is 350 g/mol. The second kappa shape index (κ2) is 9.12. The Bertz CT molecular complexity index is 831. The Labute approximate surface area is 158 Å². The van der Waals surface area contributed by atoms with E-state index in [9.17, 15) is 0 Å². The van der Waals surface area contributed by atoms with E-state index in [1.165, 1.54) is 73.2 Å². The summed E-state index contributed by atoms with van der Waals surface area (Å²) >= 11 is 0. The standard InChI is InChI=1S/C24H34N2/c1-3-5-7-8-12-19(11-6-4-2)18-26-23-14-10-9-13-21(23)22-17-20(25)15-16-24(22)26/h9-10,13-17,19H,3-8,11-12,18,25H2,1-2H3. The van der Waals surface area contributed by atoms with Crippen LogP contribution in [0.15, 0.2) is 42.5 Å². The number of hydrogen-bond donors (Lipinski definition) is 1. The second-order valence-corrected chi connectivity index (χ2v) is 7.76. The summed E-state index contributed by atoms with van der Waals surface area (Å²) in [6, 6.07) is 15.2. The lowest BCUT2D eigenvalue weighted by molar-refractivity contribution is 0.371. The lowest BCUT2D eigenvalue weighted by atomic mass is 9.95. The number of nitrogens with zero attached hydrogens (tertiary/aromatic N) is 1. The third kappa shape index (κ3) is 4.23. The van der Waals surface area contributed by atoms with E-state index in [2.05, 4.69) is 54.8 Å². The van der Waals surface area contributed by atoms with E-state index in [0.29, 0.717) is 0 Å². The zero-order valence-corrected chi connectivity index (χ0v) is 16.5. The minimum atomic E-state index is 0.767. The average Bonchev–Trinajstić information content (AvgIpc) is 2.96. The van der Waals surface area contributed by atoms with Crippen LogP contribution < -0.4 is 5.73 Å². The lowest BCUT2D eigenvalue weighted by Crippen LogP contribution is -2.11. The van der Waals surface area contributed by atoms with E-state index >= 15 is 0 Å². The number of aromatic nitrogens is 1. The fourth-order valence-corrected chi connectivity index (χ4v) is 4.21. The Hall–Kier alpha value is -1.96. The fourth-order valence-electron chi connectivity index (χ4n) is 4.21. The van der Waals surface area contributed by atoms with Gasteiger partial charge in [0.2, 0.25) is 0 Å². The maximum absolute atomic E-state index is 6.08. The fraction of sp³-hybridized carbons (Fsp3) is 0.500. The van der Waals surface area contributed by atoms with Gasteiger partial charge in [-0.05, 0) is 43.0 Å². The summed E-state index contributed by atoms with van der Waals surface area (Å²) in [5, 5.41) is 2.62. The number of fused-ring (bicyclic) bond motifs is 3. The summed E-state index contributed by atoms with van der Waals surface area (Å²) in [4.78, 5) is 0. The highest BCUT2D eigenvalue weighted by atomic mass is 15.0. The first kappa shape index (κ1) is 18.8. The minimum absolute atomic E-state index is 0.767. The maximum Gasteiger partial charge on any atom is 0.0492 e. The van der Waals surface area contributed by atoms with Crippen LogP contribution in [0, 0.1) is 5.92 Å². The predicted octanol–water partition coefficient (Wildman–Crippen LogP) is 7.15. The van der Waals surface area contributed by atoms with Crippen molar-refractivity contribution in [1.29, 1.82) is 0 Å². The van der Waals surface area contributed by atoms with Crippen molar-refractivity contribution < 1.29 is 0 Å². The Balaban J connectivity index is 1.90. The molecule has 1 heterocycles. The normalized spacial score (nSPS) is 12.8. The summed E-state index contributed by atoms with van der Waals surface area (Å²) in [7, 11) is 0. The number of nitrogens with two attached hydrogens (primary N) is 1. The molecule has 0 fully saturated rings. The Morgan fingerprint density at radius 2 is 1.54 bits per heavy atom. The van der Waals surface area contributed by atoms with Crippen molar-refractivity contribution in [2.75, 3.05) is 5.73 Å². The van der Waals surface area contributed by atoms with Gasteiger partial charge in [-0.3, -0.25) is 0 Å². The van der Waals surface area contributed by atoms with Gasteiger partial charge in [-0.15, -0.1) is 0 Å². The van der Waals surface area contributed by atoms with Gasteiger partial charge in [-0.2, -0.15) is 0 Å². The van der Waals surface area contributed by atoms with Crippen molar-refractivity contribution in [3.05, 3.63) is 42.5 Å². The summed E-state index contributed by atoms with van der Waals surface area (Å²) in [5.41, 5.74) is 9.60. The number of unbranched alkanes of at least 4 members (excludes halogenated alkanes) is 4. The maximum atomic E-state index is 6.08. The zero-order valence-electron chi connectivity index (χ0n) is 16.5. The van der Waals surface area contributed by atoms with Crippen molar-refractivity contribution in [3.63, 3.8) is 0 Å². The summed E-state index contributed by atoms with van der Waals surface area (Å²) < 4.78 is 2.55. The molecule has 3 aromatic rings. The molecule has 26 heavy (non-hydrogen) atoms. The number of hydrogen-bond acceptors (Lipinski definition) is 1. The van der Waals surface area contributed by atoms with Crippen LogP contribution >= 0.6 is 0 Å². The van der Waals surface area contributed by atoms with Gasteiger partial charge in [0.25, 0.3) is 0 Å². The van der Waals surface area contributed by atoms with E-state index in [0.717, 1.165) is 18.2 Å². The van der Waals surface area contributed by atoms with Gasteiger partial charge in [0.05, 0.1) is 0 Å². The van der Waals surface area contributed by atoms with Gasteiger partial charge in [0, 0.05) is 34.0 Å². The highest BCUT2D eigenvalue weighted by Gasteiger charge is 2.15. The molecule has 0 radical (unpaired) electrons. The van der Waals surface area contributed by atoms with Gasteiger partial charge in [-0.1, -0.05) is 70.6 Å². The average molecular weight is 351 g/mol. The molecule has 0 bridgehead atoms. The van der Waals surface area contributed by atoms with Gasteiger partial charge in [0.15, 0.2) is 0 Å². The van der Waals surface area contributed by atoms with Gasteiger partial charge in [-0.25, -0.2) is 0 Å². The number of para-hydroxylation sites is 1. The third-order valence-electron chi connectivity index (χ3n) is 5.67. The highest BCUT2D eigenvalue weighted by Crippen LogP contribution is 2.32. The van der Waals surface area contributed by atoms with Crippen LogP contribution in [-0.4, -0.2) is 4.57 Å². The molecular formula is C24H34N2. The van der Waals surface area contributed by atoms with E-state index in [1.54, 1.807) is 0 Å². The molecule has 1 atom stereocenters. The molecule has 140 valence electrons. The Morgan fingerprint density at radius 1 is 0.808 bits per heavy atom. The number of nitrogen functional groups attached to an aromatic ring is 1. The predicted molar refractivity (Wildman–Crippen MR) is 116 cm³/mol. The third-order valence-corrected chi connectivity index (χ3v) is 5.67. The largest absolute Gasteiger partial charge is 0.399 e. The van der Waals surface area contributed by atoms with Crippen molar-refractivity contribution in [3.8, 4) is 0 Å². The molecule has 0 aliphatic heterocycles. The van der Waals surface area contributed by atoms with Gasteiger partial charge < -0.3 is 10.3 Å². The SMILES string of the molecule is CCCCCCC(CCCC)Cn1c2ccccc2c2cc(N)ccc21. The van der Waals surface area contributed by atoms with Crippen LogP contribution in [0.2, 0.25) is 0 Å². The molecule has 0 amide bonds. The molecule has 0 aliphatic carbocycles. The molecule has 1 unspecified atom stereocenters. The molecule has 2 nitrogen and oxygen atoms in total. The van der Waals surface area contributed by atoms with Crippen LogP contribution in [-0.2, 0) is 6.54 Å².